The molecule has 2 aliphatic rings. The van der Waals surface area contributed by atoms with Gasteiger partial charge >= 0.3 is 6.03 Å². The van der Waals surface area contributed by atoms with Gasteiger partial charge in [0, 0.05) is 18.8 Å². The van der Waals surface area contributed by atoms with Gasteiger partial charge in [0.2, 0.25) is 0 Å². The molecule has 0 aromatic carbocycles. The van der Waals surface area contributed by atoms with Gasteiger partial charge in [0.15, 0.2) is 5.82 Å². The predicted octanol–water partition coefficient (Wildman–Crippen LogP) is 2.68. The first-order valence-corrected chi connectivity index (χ1v) is 8.85. The zero-order valence-corrected chi connectivity index (χ0v) is 15.7. The van der Waals surface area contributed by atoms with Crippen molar-refractivity contribution in [2.45, 2.75) is 58.2 Å². The van der Waals surface area contributed by atoms with Crippen LogP contribution in [0, 0.1) is 0 Å². The van der Waals surface area contributed by atoms with Gasteiger partial charge in [0.1, 0.15) is 11.4 Å². The minimum Gasteiger partial charge on any atom is -0.368 e. The summed E-state index contributed by atoms with van der Waals surface area (Å²) in [6, 6.07) is 4.00. The molecular formula is C18H28N6O. The quantitative estimate of drug-likeness (QED) is 0.731. The molecule has 3 rings (SSSR count). The number of nitrogens with zero attached hydrogens (tertiary/aromatic N) is 3. The Hall–Kier alpha value is -2.31. The van der Waals surface area contributed by atoms with E-state index in [0.29, 0.717) is 13.1 Å². The largest absolute Gasteiger partial charge is 0.368 e. The molecule has 0 bridgehead atoms. The molecule has 25 heavy (non-hydrogen) atoms. The van der Waals surface area contributed by atoms with Crippen molar-refractivity contribution >= 4 is 23.4 Å². The van der Waals surface area contributed by atoms with Gasteiger partial charge in [-0.15, -0.1) is 0 Å². The minimum atomic E-state index is -0.405. The van der Waals surface area contributed by atoms with Crippen LogP contribution < -0.4 is 16.0 Å². The highest BCUT2D eigenvalue weighted by atomic mass is 16.2. The second-order valence-electron chi connectivity index (χ2n) is 8.14. The molecule has 0 saturated carbocycles. The van der Waals surface area contributed by atoms with Crippen molar-refractivity contribution in [1.82, 2.24) is 15.2 Å². The summed E-state index contributed by atoms with van der Waals surface area (Å²) >= 11 is 0. The number of nitrogens with one attached hydrogen (secondary N) is 3. The maximum absolute atomic E-state index is 12.4. The van der Waals surface area contributed by atoms with Crippen molar-refractivity contribution in [3.05, 3.63) is 18.3 Å². The first-order chi connectivity index (χ1) is 11.7. The van der Waals surface area contributed by atoms with Crippen LogP contribution in [0.15, 0.2) is 23.3 Å². The standard InChI is InChI=1S/C18H28N6O/c1-12(2)20-16(25)24-10-8-18(11-24)15(23-17(3,4)5)21-14-13(22-18)7-6-9-19-14/h6-7,9,12,22H,8,10-11H2,1-5H3,(H,20,25)(H,19,21,23). The first kappa shape index (κ1) is 17.5. The zero-order chi connectivity index (χ0) is 18.2. The fraction of sp³-hybridized carbons (Fsp3) is 0.611. The number of rotatable bonds is 1. The van der Waals surface area contributed by atoms with Crippen LogP contribution in [0.25, 0.3) is 0 Å². The Morgan fingerprint density at radius 3 is 2.88 bits per heavy atom. The van der Waals surface area contributed by atoms with Crippen LogP contribution in [-0.4, -0.2) is 52.0 Å². The Bertz CT molecular complexity index is 693. The molecular weight excluding hydrogens is 316 g/mol. The molecule has 3 N–H and O–H groups in total. The van der Waals surface area contributed by atoms with E-state index in [-0.39, 0.29) is 17.6 Å². The number of hydrogen-bond acceptors (Lipinski definition) is 4. The third kappa shape index (κ3) is 3.70. The van der Waals surface area contributed by atoms with Crippen LogP contribution in [0.5, 0.6) is 0 Å². The molecule has 136 valence electrons. The highest BCUT2D eigenvalue weighted by molar-refractivity contribution is 6.09. The number of anilines is 2. The SMILES string of the molecule is CC(C)NC(=O)N1CCC2(C1)Nc1cccnc1NC2=NC(C)(C)C. The maximum Gasteiger partial charge on any atom is 0.317 e. The topological polar surface area (TPSA) is 81.7 Å². The average Bonchev–Trinajstić information content (AvgIpc) is 2.91. The molecule has 1 spiro atoms. The van der Waals surface area contributed by atoms with E-state index >= 15 is 0 Å². The van der Waals surface area contributed by atoms with E-state index in [1.807, 2.05) is 30.9 Å². The van der Waals surface area contributed by atoms with Gasteiger partial charge in [-0.05, 0) is 53.2 Å². The van der Waals surface area contributed by atoms with Crippen molar-refractivity contribution in [2.75, 3.05) is 23.7 Å². The Balaban J connectivity index is 1.92. The van der Waals surface area contributed by atoms with Gasteiger partial charge < -0.3 is 20.9 Å². The number of carbonyl (C=O) groups excluding carboxylic acids is 1. The zero-order valence-electron chi connectivity index (χ0n) is 15.7. The summed E-state index contributed by atoms with van der Waals surface area (Å²) in [5, 5.41) is 9.99. The van der Waals surface area contributed by atoms with Crippen molar-refractivity contribution in [3.8, 4) is 0 Å². The molecule has 1 unspecified atom stereocenters. The molecule has 1 fully saturated rings. The Kier molecular flexibility index (Phi) is 4.34. The van der Waals surface area contributed by atoms with Gasteiger partial charge in [-0.2, -0.15) is 0 Å². The molecule has 7 heteroatoms. The normalized spacial score (nSPS) is 24.2. The Labute approximate surface area is 149 Å². The average molecular weight is 344 g/mol. The van der Waals surface area contributed by atoms with Crippen molar-refractivity contribution in [1.29, 1.82) is 0 Å². The Morgan fingerprint density at radius 2 is 2.20 bits per heavy atom. The molecule has 0 radical (unpaired) electrons. The van der Waals surface area contributed by atoms with Crippen LogP contribution in [0.2, 0.25) is 0 Å². The van der Waals surface area contributed by atoms with E-state index in [2.05, 4.69) is 41.7 Å². The fourth-order valence-electron chi connectivity index (χ4n) is 3.24. The van der Waals surface area contributed by atoms with E-state index < -0.39 is 5.54 Å². The van der Waals surface area contributed by atoms with E-state index in [0.717, 1.165) is 23.8 Å². The number of aromatic nitrogens is 1. The summed E-state index contributed by atoms with van der Waals surface area (Å²) < 4.78 is 0. The highest BCUT2D eigenvalue weighted by Gasteiger charge is 2.47. The summed E-state index contributed by atoms with van der Waals surface area (Å²) in [6.07, 6.45) is 2.56. The number of fused-ring (bicyclic) bond motifs is 1. The lowest BCUT2D eigenvalue weighted by atomic mass is 9.93. The number of carbonyl (C=O) groups is 1. The molecule has 1 atom stereocenters. The van der Waals surface area contributed by atoms with Crippen molar-refractivity contribution < 1.29 is 4.79 Å². The van der Waals surface area contributed by atoms with E-state index in [1.165, 1.54) is 0 Å². The third-order valence-corrected chi connectivity index (χ3v) is 4.29. The fourth-order valence-corrected chi connectivity index (χ4v) is 3.24. The smallest absolute Gasteiger partial charge is 0.317 e. The van der Waals surface area contributed by atoms with Crippen LogP contribution >= 0.6 is 0 Å². The van der Waals surface area contributed by atoms with Gasteiger partial charge in [-0.1, -0.05) is 0 Å². The first-order valence-electron chi connectivity index (χ1n) is 8.85. The predicted molar refractivity (Wildman–Crippen MR) is 101 cm³/mol. The Morgan fingerprint density at radius 1 is 1.44 bits per heavy atom. The molecule has 1 aromatic heterocycles. The third-order valence-electron chi connectivity index (χ3n) is 4.29. The summed E-state index contributed by atoms with van der Waals surface area (Å²) in [6.45, 7) is 11.4. The second kappa shape index (κ2) is 6.20. The van der Waals surface area contributed by atoms with Crippen LogP contribution in [0.3, 0.4) is 0 Å². The van der Waals surface area contributed by atoms with Gasteiger partial charge in [0.05, 0.1) is 17.8 Å². The van der Waals surface area contributed by atoms with Crippen molar-refractivity contribution in [2.24, 2.45) is 4.99 Å². The molecule has 2 amide bonds. The van der Waals surface area contributed by atoms with Gasteiger partial charge in [-0.3, -0.25) is 4.99 Å². The summed E-state index contributed by atoms with van der Waals surface area (Å²) in [5.74, 6) is 1.63. The summed E-state index contributed by atoms with van der Waals surface area (Å²) in [7, 11) is 0. The molecule has 0 aliphatic carbocycles. The van der Waals surface area contributed by atoms with Crippen LogP contribution in [0.1, 0.15) is 41.0 Å². The maximum atomic E-state index is 12.4. The number of hydrogen-bond donors (Lipinski definition) is 3. The molecule has 1 saturated heterocycles. The van der Waals surface area contributed by atoms with E-state index in [1.54, 1.807) is 6.20 Å². The number of urea groups is 1. The van der Waals surface area contributed by atoms with Crippen LogP contribution in [-0.2, 0) is 0 Å². The number of aliphatic imine (C=N–C) groups is 1. The molecule has 2 aliphatic heterocycles. The molecule has 1 aromatic rings. The monoisotopic (exact) mass is 344 g/mol. The van der Waals surface area contributed by atoms with E-state index in [4.69, 9.17) is 4.99 Å². The van der Waals surface area contributed by atoms with Crippen molar-refractivity contribution in [3.63, 3.8) is 0 Å². The lowest BCUT2D eigenvalue weighted by molar-refractivity contribution is 0.205. The summed E-state index contributed by atoms with van der Waals surface area (Å²) in [5.41, 5.74) is 0.315. The molecule has 7 nitrogen and oxygen atoms in total. The lowest BCUT2D eigenvalue weighted by Gasteiger charge is -2.39. The number of amidine groups is 1. The summed E-state index contributed by atoms with van der Waals surface area (Å²) in [4.78, 5) is 23.6. The second-order valence-corrected chi connectivity index (χ2v) is 8.14. The number of pyridine rings is 1. The highest BCUT2D eigenvalue weighted by Crippen LogP contribution is 2.36. The number of amides is 2. The minimum absolute atomic E-state index is 0.0271. The lowest BCUT2D eigenvalue weighted by Crippen LogP contribution is -2.56. The van der Waals surface area contributed by atoms with E-state index in [9.17, 15) is 4.79 Å². The van der Waals surface area contributed by atoms with Crippen LogP contribution in [0.4, 0.5) is 16.3 Å². The van der Waals surface area contributed by atoms with Gasteiger partial charge in [0.25, 0.3) is 0 Å². The molecule has 3 heterocycles. The number of likely N-dealkylation sites (tertiary alicyclic amines) is 1. The van der Waals surface area contributed by atoms with Gasteiger partial charge in [-0.25, -0.2) is 9.78 Å².